The summed E-state index contributed by atoms with van der Waals surface area (Å²) in [5.41, 5.74) is 5.81. The maximum absolute atomic E-state index is 5.81. The van der Waals surface area contributed by atoms with Crippen molar-refractivity contribution in [3.05, 3.63) is 0 Å². The first-order chi connectivity index (χ1) is 6.77. The van der Waals surface area contributed by atoms with Crippen molar-refractivity contribution < 1.29 is 0 Å². The third kappa shape index (κ3) is 3.32. The Morgan fingerprint density at radius 2 is 1.93 bits per heavy atom. The summed E-state index contributed by atoms with van der Waals surface area (Å²) in [5.74, 6) is 1.64. The van der Waals surface area contributed by atoms with Crippen LogP contribution in [-0.2, 0) is 0 Å². The lowest BCUT2D eigenvalue weighted by Crippen LogP contribution is -2.24. The van der Waals surface area contributed by atoms with Gasteiger partial charge in [0.15, 0.2) is 0 Å². The summed E-state index contributed by atoms with van der Waals surface area (Å²) in [6.45, 7) is 4.30. The summed E-state index contributed by atoms with van der Waals surface area (Å²) in [6, 6.07) is 0.496. The Kier molecular flexibility index (Phi) is 4.99. The molecule has 0 bridgehead atoms. The summed E-state index contributed by atoms with van der Waals surface area (Å²) in [4.78, 5) is 4.63. The van der Waals surface area contributed by atoms with E-state index in [1.165, 1.54) is 32.1 Å². The van der Waals surface area contributed by atoms with Gasteiger partial charge >= 0.3 is 0 Å². The summed E-state index contributed by atoms with van der Waals surface area (Å²) >= 11 is 0. The molecule has 0 heterocycles. The van der Waals surface area contributed by atoms with Crippen LogP contribution in [0.3, 0.4) is 0 Å². The predicted molar refractivity (Wildman–Crippen MR) is 62.6 cm³/mol. The van der Waals surface area contributed by atoms with Gasteiger partial charge in [0.25, 0.3) is 0 Å². The average molecular weight is 196 g/mol. The Balaban J connectivity index is 2.51. The number of aliphatic imine (C=N–C) groups is 1. The molecule has 1 aliphatic rings. The molecule has 0 aliphatic heterocycles. The van der Waals surface area contributed by atoms with Gasteiger partial charge in [-0.05, 0) is 25.2 Å². The fourth-order valence-corrected chi connectivity index (χ4v) is 2.35. The molecule has 82 valence electrons. The van der Waals surface area contributed by atoms with E-state index < -0.39 is 0 Å². The van der Waals surface area contributed by atoms with Gasteiger partial charge in [-0.3, -0.25) is 4.99 Å². The van der Waals surface area contributed by atoms with Gasteiger partial charge in [0.1, 0.15) is 0 Å². The van der Waals surface area contributed by atoms with Crippen LogP contribution in [0.2, 0.25) is 0 Å². The van der Waals surface area contributed by atoms with Gasteiger partial charge in [-0.15, -0.1) is 0 Å². The molecule has 1 aliphatic carbocycles. The molecule has 0 amide bonds. The molecule has 1 atom stereocenters. The van der Waals surface area contributed by atoms with Crippen LogP contribution < -0.4 is 5.73 Å². The van der Waals surface area contributed by atoms with E-state index in [4.69, 9.17) is 5.73 Å². The van der Waals surface area contributed by atoms with Crippen LogP contribution in [0.5, 0.6) is 0 Å². The minimum absolute atomic E-state index is 0.496. The highest BCUT2D eigenvalue weighted by atomic mass is 14.9. The van der Waals surface area contributed by atoms with E-state index in [2.05, 4.69) is 18.8 Å². The van der Waals surface area contributed by atoms with E-state index in [0.717, 1.165) is 24.6 Å². The van der Waals surface area contributed by atoms with E-state index in [0.29, 0.717) is 6.04 Å². The van der Waals surface area contributed by atoms with Crippen molar-refractivity contribution in [2.75, 3.05) is 0 Å². The number of amidine groups is 1. The van der Waals surface area contributed by atoms with Crippen molar-refractivity contribution in [2.45, 2.75) is 64.8 Å². The first-order valence-corrected chi connectivity index (χ1v) is 6.10. The molecule has 0 aromatic heterocycles. The summed E-state index contributed by atoms with van der Waals surface area (Å²) in [5, 5.41) is 0. The van der Waals surface area contributed by atoms with Crippen LogP contribution in [0, 0.1) is 5.92 Å². The van der Waals surface area contributed by atoms with Gasteiger partial charge in [0.05, 0.1) is 11.9 Å². The molecule has 1 rings (SSSR count). The van der Waals surface area contributed by atoms with E-state index >= 15 is 0 Å². The summed E-state index contributed by atoms with van der Waals surface area (Å²) in [6.07, 6.45) is 8.96. The lowest BCUT2D eigenvalue weighted by atomic mass is 9.83. The molecule has 2 nitrogen and oxygen atoms in total. The molecule has 1 unspecified atom stereocenters. The normalized spacial score (nSPS) is 22.3. The van der Waals surface area contributed by atoms with E-state index in [1.54, 1.807) is 0 Å². The lowest BCUT2D eigenvalue weighted by molar-refractivity contribution is 0.301. The highest BCUT2D eigenvalue weighted by Crippen LogP contribution is 2.29. The highest BCUT2D eigenvalue weighted by Gasteiger charge is 2.21. The van der Waals surface area contributed by atoms with Gasteiger partial charge in [0, 0.05) is 6.42 Å². The Hall–Kier alpha value is -0.530. The van der Waals surface area contributed by atoms with Crippen molar-refractivity contribution in [3.63, 3.8) is 0 Å². The minimum atomic E-state index is 0.496. The van der Waals surface area contributed by atoms with Crippen LogP contribution in [0.15, 0.2) is 4.99 Å². The molecule has 0 radical (unpaired) electrons. The molecule has 0 aromatic carbocycles. The number of nitrogens with two attached hydrogens (primary N) is 1. The Morgan fingerprint density at radius 1 is 1.29 bits per heavy atom. The smallest absolute Gasteiger partial charge is 0.0937 e. The largest absolute Gasteiger partial charge is 0.387 e. The van der Waals surface area contributed by atoms with Gasteiger partial charge in [-0.1, -0.05) is 33.1 Å². The van der Waals surface area contributed by atoms with Crippen LogP contribution in [0.1, 0.15) is 58.8 Å². The molecule has 1 fully saturated rings. The van der Waals surface area contributed by atoms with Crippen LogP contribution in [0.25, 0.3) is 0 Å². The molecular formula is C12H24N2. The second-order valence-corrected chi connectivity index (χ2v) is 4.35. The van der Waals surface area contributed by atoms with Gasteiger partial charge in [-0.25, -0.2) is 0 Å². The zero-order chi connectivity index (χ0) is 10.4. The van der Waals surface area contributed by atoms with Crippen LogP contribution in [0.4, 0.5) is 0 Å². The fraction of sp³-hybridized carbons (Fsp3) is 0.917. The van der Waals surface area contributed by atoms with Crippen molar-refractivity contribution in [1.82, 2.24) is 0 Å². The molecular weight excluding hydrogens is 172 g/mol. The summed E-state index contributed by atoms with van der Waals surface area (Å²) in [7, 11) is 0. The standard InChI is InChI=1S/C12H24N2/c1-3-11(14-12(13)4-2)10-8-6-5-7-9-10/h10-11H,3-9H2,1-2H3,(H2,13,14). The highest BCUT2D eigenvalue weighted by molar-refractivity contribution is 5.80. The quantitative estimate of drug-likeness (QED) is 0.544. The average Bonchev–Trinajstić information content (AvgIpc) is 2.26. The molecule has 0 spiro atoms. The topological polar surface area (TPSA) is 38.4 Å². The predicted octanol–water partition coefficient (Wildman–Crippen LogP) is 3.11. The SMILES string of the molecule is CCC(N)=NC(CC)C1CCCCC1. The number of hydrogen-bond donors (Lipinski definition) is 1. The maximum Gasteiger partial charge on any atom is 0.0937 e. The van der Waals surface area contributed by atoms with E-state index in [1.807, 2.05) is 0 Å². The third-order valence-corrected chi connectivity index (χ3v) is 3.31. The lowest BCUT2D eigenvalue weighted by Gasteiger charge is -2.27. The zero-order valence-corrected chi connectivity index (χ0v) is 9.63. The summed E-state index contributed by atoms with van der Waals surface area (Å²) < 4.78 is 0. The fourth-order valence-electron chi connectivity index (χ4n) is 2.35. The Morgan fingerprint density at radius 3 is 2.43 bits per heavy atom. The van der Waals surface area contributed by atoms with Gasteiger partial charge in [-0.2, -0.15) is 0 Å². The molecule has 14 heavy (non-hydrogen) atoms. The number of rotatable bonds is 4. The molecule has 0 aromatic rings. The van der Waals surface area contributed by atoms with Gasteiger partial charge in [0.2, 0.25) is 0 Å². The van der Waals surface area contributed by atoms with Crippen LogP contribution >= 0.6 is 0 Å². The first-order valence-electron chi connectivity index (χ1n) is 6.10. The monoisotopic (exact) mass is 196 g/mol. The molecule has 2 N–H and O–H groups in total. The first kappa shape index (κ1) is 11.5. The third-order valence-electron chi connectivity index (χ3n) is 3.31. The Bertz CT molecular complexity index is 181. The minimum Gasteiger partial charge on any atom is -0.387 e. The van der Waals surface area contributed by atoms with Crippen molar-refractivity contribution in [3.8, 4) is 0 Å². The maximum atomic E-state index is 5.81. The molecule has 0 saturated heterocycles. The van der Waals surface area contributed by atoms with E-state index in [9.17, 15) is 0 Å². The van der Waals surface area contributed by atoms with Crippen molar-refractivity contribution in [2.24, 2.45) is 16.6 Å². The van der Waals surface area contributed by atoms with Crippen molar-refractivity contribution >= 4 is 5.84 Å². The molecule has 1 saturated carbocycles. The van der Waals surface area contributed by atoms with Crippen LogP contribution in [-0.4, -0.2) is 11.9 Å². The second-order valence-electron chi connectivity index (χ2n) is 4.35. The van der Waals surface area contributed by atoms with E-state index in [-0.39, 0.29) is 0 Å². The number of hydrogen-bond acceptors (Lipinski definition) is 1. The second kappa shape index (κ2) is 6.05. The molecule has 2 heteroatoms. The Labute approximate surface area is 88.0 Å². The zero-order valence-electron chi connectivity index (χ0n) is 9.63. The number of nitrogens with zero attached hydrogens (tertiary/aromatic N) is 1. The van der Waals surface area contributed by atoms with Gasteiger partial charge < -0.3 is 5.73 Å². The van der Waals surface area contributed by atoms with Crippen molar-refractivity contribution in [1.29, 1.82) is 0 Å².